The van der Waals surface area contributed by atoms with Crippen molar-refractivity contribution < 1.29 is 59.6 Å². The SMILES string of the molecule is Cc1cc(OC(C)c2cnc(-c3ccc(C(F)(F)F)cc3)s2)ccc1OC(C)(C)C(=O)OC(=O)C(C)(C)Oc1ccc(OC(C)(C)c2sc(-c3ccc(C(F)(F)F)cc3)nc2C)cc1C. The van der Waals surface area contributed by atoms with Crippen molar-refractivity contribution >= 4 is 34.6 Å². The average Bonchev–Trinajstić information content (AvgIpc) is 3.87. The maximum atomic E-state index is 13.4. The Bertz CT molecular complexity index is 2690. The number of hydrogen-bond donors (Lipinski definition) is 0. The molecule has 6 rings (SSSR count). The molecule has 0 saturated heterocycles. The number of rotatable bonds is 14. The number of esters is 2. The van der Waals surface area contributed by atoms with Gasteiger partial charge in [-0.3, -0.25) is 0 Å². The van der Waals surface area contributed by atoms with Crippen molar-refractivity contribution in [2.75, 3.05) is 0 Å². The summed E-state index contributed by atoms with van der Waals surface area (Å²) in [5.41, 5.74) is -2.57. The van der Waals surface area contributed by atoms with Gasteiger partial charge in [-0.15, -0.1) is 22.7 Å². The topological polar surface area (TPSA) is 106 Å². The van der Waals surface area contributed by atoms with Gasteiger partial charge in [0.05, 0.1) is 26.6 Å². The molecule has 0 saturated carbocycles. The molecule has 0 N–H and O–H groups in total. The molecular formula is C48H46F6N2O7S2. The maximum Gasteiger partial charge on any atom is 0.416 e. The van der Waals surface area contributed by atoms with E-state index in [0.717, 1.165) is 34.0 Å². The zero-order valence-electron chi connectivity index (χ0n) is 37.1. The first-order valence-corrected chi connectivity index (χ1v) is 21.8. The van der Waals surface area contributed by atoms with E-state index in [1.54, 1.807) is 56.4 Å². The van der Waals surface area contributed by atoms with Gasteiger partial charge in [-0.2, -0.15) is 26.3 Å². The van der Waals surface area contributed by atoms with E-state index >= 15 is 0 Å². The minimum Gasteiger partial charge on any atom is -0.485 e. The summed E-state index contributed by atoms with van der Waals surface area (Å²) in [6.45, 7) is 16.7. The van der Waals surface area contributed by atoms with Gasteiger partial charge in [0.1, 0.15) is 44.7 Å². The van der Waals surface area contributed by atoms with Crippen LogP contribution in [0.4, 0.5) is 26.3 Å². The van der Waals surface area contributed by atoms with Crippen molar-refractivity contribution in [2.24, 2.45) is 0 Å². The number of carbonyl (C=O) groups is 2. The van der Waals surface area contributed by atoms with Gasteiger partial charge in [-0.05, 0) is 141 Å². The largest absolute Gasteiger partial charge is 0.485 e. The predicted molar refractivity (Wildman–Crippen MR) is 235 cm³/mol. The number of alkyl halides is 6. The Labute approximate surface area is 380 Å². The maximum absolute atomic E-state index is 13.4. The third-order valence-electron chi connectivity index (χ3n) is 10.1. The van der Waals surface area contributed by atoms with E-state index in [1.807, 2.05) is 27.7 Å². The molecule has 0 fully saturated rings. The molecule has 0 aliphatic heterocycles. The summed E-state index contributed by atoms with van der Waals surface area (Å²) in [5, 5.41) is 1.10. The van der Waals surface area contributed by atoms with E-state index in [1.165, 1.54) is 74.6 Å². The number of carbonyl (C=O) groups excluding carboxylic acids is 2. The Kier molecular flexibility index (Phi) is 13.5. The van der Waals surface area contributed by atoms with Crippen LogP contribution >= 0.6 is 22.7 Å². The number of nitrogens with zero attached hydrogens (tertiary/aromatic N) is 2. The van der Waals surface area contributed by atoms with E-state index in [2.05, 4.69) is 9.97 Å². The van der Waals surface area contributed by atoms with Crippen molar-refractivity contribution in [3.05, 3.63) is 129 Å². The minimum absolute atomic E-state index is 0.334. The molecular weight excluding hydrogens is 895 g/mol. The van der Waals surface area contributed by atoms with E-state index in [-0.39, 0.29) is 0 Å². The van der Waals surface area contributed by atoms with E-state index in [9.17, 15) is 35.9 Å². The minimum atomic E-state index is -4.44. The summed E-state index contributed by atoms with van der Waals surface area (Å²) < 4.78 is 108. The zero-order chi connectivity index (χ0) is 47.9. The average molecular weight is 941 g/mol. The zero-order valence-corrected chi connectivity index (χ0v) is 38.7. The lowest BCUT2D eigenvalue weighted by Gasteiger charge is -2.29. The van der Waals surface area contributed by atoms with Crippen LogP contribution in [0.25, 0.3) is 21.1 Å². The van der Waals surface area contributed by atoms with Crippen molar-refractivity contribution in [1.29, 1.82) is 0 Å². The fourth-order valence-corrected chi connectivity index (χ4v) is 8.48. The van der Waals surface area contributed by atoms with Gasteiger partial charge in [-0.1, -0.05) is 24.3 Å². The van der Waals surface area contributed by atoms with Gasteiger partial charge in [0.25, 0.3) is 0 Å². The Morgan fingerprint density at radius 1 is 0.600 bits per heavy atom. The third-order valence-corrected chi connectivity index (χ3v) is 12.8. The van der Waals surface area contributed by atoms with Crippen molar-refractivity contribution in [1.82, 2.24) is 9.97 Å². The molecule has 0 spiro atoms. The molecule has 2 aromatic heterocycles. The van der Waals surface area contributed by atoms with Crippen LogP contribution in [-0.4, -0.2) is 33.1 Å². The van der Waals surface area contributed by atoms with Crippen LogP contribution in [0.5, 0.6) is 23.0 Å². The van der Waals surface area contributed by atoms with Crippen LogP contribution in [0.2, 0.25) is 0 Å². The van der Waals surface area contributed by atoms with Gasteiger partial charge in [0.15, 0.2) is 0 Å². The van der Waals surface area contributed by atoms with E-state index in [4.69, 9.17) is 23.7 Å². The normalized spacial score (nSPS) is 13.0. The van der Waals surface area contributed by atoms with Crippen LogP contribution < -0.4 is 18.9 Å². The molecule has 344 valence electrons. The Balaban J connectivity index is 1.03. The molecule has 0 aliphatic rings. The molecule has 4 aromatic carbocycles. The van der Waals surface area contributed by atoms with Gasteiger partial charge in [0, 0.05) is 17.3 Å². The lowest BCUT2D eigenvalue weighted by Crippen LogP contribution is -2.46. The quantitative estimate of drug-likeness (QED) is 0.0599. The van der Waals surface area contributed by atoms with Crippen LogP contribution in [0.1, 0.15) is 92.3 Å². The molecule has 1 unspecified atom stereocenters. The number of thiazole rings is 2. The highest BCUT2D eigenvalue weighted by Gasteiger charge is 2.40. The third kappa shape index (κ3) is 11.5. The van der Waals surface area contributed by atoms with Crippen molar-refractivity contribution in [3.8, 4) is 44.1 Å². The monoisotopic (exact) mass is 940 g/mol. The Hall–Kier alpha value is -5.94. The summed E-state index contributed by atoms with van der Waals surface area (Å²) in [4.78, 5) is 37.3. The molecule has 9 nitrogen and oxygen atoms in total. The molecule has 0 bridgehead atoms. The summed E-state index contributed by atoms with van der Waals surface area (Å²) in [6, 6.07) is 19.7. The van der Waals surface area contributed by atoms with Crippen LogP contribution in [0.3, 0.4) is 0 Å². The summed E-state index contributed by atoms with van der Waals surface area (Å²) >= 11 is 2.62. The molecule has 0 aliphatic carbocycles. The Morgan fingerprint density at radius 2 is 1.06 bits per heavy atom. The summed E-state index contributed by atoms with van der Waals surface area (Å²) in [6.07, 6.45) is -7.71. The van der Waals surface area contributed by atoms with Gasteiger partial charge in [-0.25, -0.2) is 19.6 Å². The standard InChI is InChI=1S/C48H46F6N2O7S2/c1-26-23-34(59-29(4)38-25-55-40(64-38)30-11-15-32(16-12-30)47(49,50)51)19-21-36(26)62-45(7,8)42(57)60-43(58)46(9,10)63-37-22-20-35(24-27(37)2)61-44(5,6)39-28(3)56-41(65-39)31-13-17-33(18-14-31)48(52,53)54/h11-25,29H,1-10H3. The fourth-order valence-electron chi connectivity index (χ4n) is 6.47. The number of ether oxygens (including phenoxy) is 5. The highest BCUT2D eigenvalue weighted by Crippen LogP contribution is 2.40. The second-order valence-corrected chi connectivity index (χ2v) is 18.8. The molecule has 0 amide bonds. The number of hydrogen-bond acceptors (Lipinski definition) is 11. The lowest BCUT2D eigenvalue weighted by atomic mass is 10.1. The summed E-state index contributed by atoms with van der Waals surface area (Å²) in [7, 11) is 0. The predicted octanol–water partition coefficient (Wildman–Crippen LogP) is 13.4. The first-order chi connectivity index (χ1) is 30.1. The number of benzene rings is 4. The smallest absolute Gasteiger partial charge is 0.416 e. The van der Waals surface area contributed by atoms with Crippen LogP contribution in [0.15, 0.2) is 91.1 Å². The van der Waals surface area contributed by atoms with Gasteiger partial charge < -0.3 is 23.7 Å². The first-order valence-electron chi connectivity index (χ1n) is 20.1. The second kappa shape index (κ2) is 18.1. The fraction of sp³-hybridized carbons (Fsp3) is 0.333. The highest BCUT2D eigenvalue weighted by atomic mass is 32.1. The molecule has 65 heavy (non-hydrogen) atoms. The summed E-state index contributed by atoms with van der Waals surface area (Å²) in [5.74, 6) is -0.268. The highest BCUT2D eigenvalue weighted by molar-refractivity contribution is 7.15. The lowest BCUT2D eigenvalue weighted by molar-refractivity contribution is -0.178. The molecule has 6 aromatic rings. The molecule has 0 radical (unpaired) electrons. The van der Waals surface area contributed by atoms with Crippen molar-refractivity contribution in [2.45, 2.75) is 104 Å². The van der Waals surface area contributed by atoms with E-state index in [0.29, 0.717) is 61.0 Å². The Morgan fingerprint density at radius 3 is 1.54 bits per heavy atom. The van der Waals surface area contributed by atoms with Gasteiger partial charge >= 0.3 is 24.3 Å². The van der Waals surface area contributed by atoms with Crippen LogP contribution in [-0.2, 0) is 32.3 Å². The van der Waals surface area contributed by atoms with Gasteiger partial charge in [0.2, 0.25) is 11.2 Å². The molecule has 1 atom stereocenters. The number of aryl methyl sites for hydroxylation is 3. The van der Waals surface area contributed by atoms with Crippen LogP contribution in [0, 0.1) is 20.8 Å². The number of aromatic nitrogens is 2. The number of halogens is 6. The van der Waals surface area contributed by atoms with E-state index < -0.39 is 58.3 Å². The first kappa shape index (κ1) is 48.5. The molecule has 2 heterocycles. The molecule has 17 heteroatoms. The van der Waals surface area contributed by atoms with Crippen molar-refractivity contribution in [3.63, 3.8) is 0 Å². The second-order valence-electron chi connectivity index (χ2n) is 16.8.